The highest BCUT2D eigenvalue weighted by molar-refractivity contribution is 6.42. The number of anilines is 1. The molecule has 0 aliphatic carbocycles. The van der Waals surface area contributed by atoms with E-state index in [1.807, 2.05) is 6.92 Å². The molecule has 2 aromatic heterocycles. The number of carbonyl (C=O) groups excluding carboxylic acids is 2. The van der Waals surface area contributed by atoms with Crippen molar-refractivity contribution >= 4 is 40.7 Å². The summed E-state index contributed by atoms with van der Waals surface area (Å²) in [6.07, 6.45) is 3.75. The standard InChI is InChI=1S/C22H21Cl2N5O5/c1-11-3-4-13(9-29(11)21(32)12-5-6-15(23)16(24)7-12)19-27-17(18(30)22(33)28(19)2)20(31)26-14-8-25-34-10-14/h5-8,10-11,13,30H,3-4,9H2,1-2H3,(H,26,31)/t11?,13-/m0/s1. The zero-order valence-corrected chi connectivity index (χ0v) is 19.8. The second kappa shape index (κ2) is 9.47. The van der Waals surface area contributed by atoms with E-state index in [4.69, 9.17) is 23.2 Å². The van der Waals surface area contributed by atoms with Gasteiger partial charge >= 0.3 is 0 Å². The van der Waals surface area contributed by atoms with Crippen molar-refractivity contribution in [2.75, 3.05) is 11.9 Å². The third kappa shape index (κ3) is 4.51. The Labute approximate surface area is 204 Å². The molecule has 1 aliphatic heterocycles. The molecule has 2 atom stereocenters. The predicted octanol–water partition coefficient (Wildman–Crippen LogP) is 3.44. The average Bonchev–Trinajstić information content (AvgIpc) is 3.32. The fraction of sp³-hybridized carbons (Fsp3) is 0.318. The van der Waals surface area contributed by atoms with Crippen LogP contribution in [0.25, 0.3) is 0 Å². The predicted molar refractivity (Wildman–Crippen MR) is 125 cm³/mol. The molecule has 0 radical (unpaired) electrons. The van der Waals surface area contributed by atoms with Crippen molar-refractivity contribution in [3.05, 3.63) is 68.1 Å². The fourth-order valence-corrected chi connectivity index (χ4v) is 4.28. The summed E-state index contributed by atoms with van der Waals surface area (Å²) in [6, 6.07) is 4.62. The molecule has 0 bridgehead atoms. The van der Waals surface area contributed by atoms with E-state index in [1.54, 1.807) is 17.0 Å². The Balaban J connectivity index is 1.65. The maximum atomic E-state index is 13.2. The third-order valence-electron chi connectivity index (χ3n) is 5.88. The number of amides is 2. The highest BCUT2D eigenvalue weighted by Gasteiger charge is 2.34. The van der Waals surface area contributed by atoms with Crippen LogP contribution < -0.4 is 10.9 Å². The lowest BCUT2D eigenvalue weighted by molar-refractivity contribution is 0.0603. The molecule has 3 aromatic rings. The topological polar surface area (TPSA) is 131 Å². The first-order valence-electron chi connectivity index (χ1n) is 10.4. The maximum Gasteiger partial charge on any atom is 0.296 e. The first-order valence-corrected chi connectivity index (χ1v) is 11.2. The highest BCUT2D eigenvalue weighted by atomic mass is 35.5. The number of nitrogens with one attached hydrogen (secondary N) is 1. The van der Waals surface area contributed by atoms with Crippen molar-refractivity contribution in [2.24, 2.45) is 7.05 Å². The van der Waals surface area contributed by atoms with Crippen LogP contribution in [-0.4, -0.2) is 49.1 Å². The van der Waals surface area contributed by atoms with Crippen molar-refractivity contribution in [3.63, 3.8) is 0 Å². The number of piperidine rings is 1. The molecule has 4 rings (SSSR count). The minimum atomic E-state index is -0.785. The summed E-state index contributed by atoms with van der Waals surface area (Å²) in [5, 5.41) is 16.9. The number of hydrogen-bond donors (Lipinski definition) is 2. The lowest BCUT2D eigenvalue weighted by Gasteiger charge is -2.38. The van der Waals surface area contributed by atoms with Gasteiger partial charge < -0.3 is 19.8 Å². The molecule has 1 unspecified atom stereocenters. The molecule has 178 valence electrons. The highest BCUT2D eigenvalue weighted by Crippen LogP contribution is 2.31. The second-order valence-electron chi connectivity index (χ2n) is 8.11. The first kappa shape index (κ1) is 23.8. The van der Waals surface area contributed by atoms with E-state index in [-0.39, 0.29) is 40.9 Å². The zero-order valence-electron chi connectivity index (χ0n) is 18.3. The van der Waals surface area contributed by atoms with Gasteiger partial charge in [-0.25, -0.2) is 4.98 Å². The summed E-state index contributed by atoms with van der Waals surface area (Å²) in [6.45, 7) is 2.20. The molecule has 3 heterocycles. The van der Waals surface area contributed by atoms with Gasteiger partial charge in [0.15, 0.2) is 5.69 Å². The summed E-state index contributed by atoms with van der Waals surface area (Å²) in [5.74, 6) is -1.84. The number of hydrogen-bond acceptors (Lipinski definition) is 7. The number of halogens is 2. The molecule has 0 saturated carbocycles. The number of aromatic hydroxyl groups is 1. The first-order chi connectivity index (χ1) is 16.2. The van der Waals surface area contributed by atoms with E-state index in [0.29, 0.717) is 23.4 Å². The van der Waals surface area contributed by atoms with Gasteiger partial charge in [-0.3, -0.25) is 19.0 Å². The van der Waals surface area contributed by atoms with Gasteiger partial charge in [-0.15, -0.1) is 0 Å². The molecule has 1 aliphatic rings. The van der Waals surface area contributed by atoms with Crippen LogP contribution in [0.2, 0.25) is 10.0 Å². The molecular weight excluding hydrogens is 485 g/mol. The molecule has 1 aromatic carbocycles. The van der Waals surface area contributed by atoms with Gasteiger partial charge in [0.05, 0.1) is 16.2 Å². The van der Waals surface area contributed by atoms with Crippen molar-refractivity contribution < 1.29 is 19.2 Å². The number of rotatable bonds is 4. The normalized spacial score (nSPS) is 18.1. The minimum Gasteiger partial charge on any atom is -0.501 e. The lowest BCUT2D eigenvalue weighted by Crippen LogP contribution is -2.46. The Hall–Kier alpha value is -3.37. The van der Waals surface area contributed by atoms with Crippen molar-refractivity contribution in [1.29, 1.82) is 0 Å². The Morgan fingerprint density at radius 1 is 1.24 bits per heavy atom. The average molecular weight is 506 g/mol. The van der Waals surface area contributed by atoms with E-state index in [1.165, 1.54) is 30.1 Å². The van der Waals surface area contributed by atoms with Crippen LogP contribution in [0, 0.1) is 0 Å². The van der Waals surface area contributed by atoms with Gasteiger partial charge in [0.1, 0.15) is 17.8 Å². The van der Waals surface area contributed by atoms with Crippen molar-refractivity contribution in [1.82, 2.24) is 19.6 Å². The van der Waals surface area contributed by atoms with Gasteiger partial charge in [-0.1, -0.05) is 28.4 Å². The summed E-state index contributed by atoms with van der Waals surface area (Å²) < 4.78 is 5.87. The maximum absolute atomic E-state index is 13.2. The van der Waals surface area contributed by atoms with Gasteiger partial charge in [0.2, 0.25) is 5.75 Å². The van der Waals surface area contributed by atoms with E-state index in [9.17, 15) is 19.5 Å². The minimum absolute atomic E-state index is 0.0660. The van der Waals surface area contributed by atoms with E-state index in [2.05, 4.69) is 20.0 Å². The molecule has 0 spiro atoms. The van der Waals surface area contributed by atoms with Crippen LogP contribution in [0.5, 0.6) is 5.75 Å². The molecule has 1 fully saturated rings. The summed E-state index contributed by atoms with van der Waals surface area (Å²) in [5.41, 5.74) is -0.539. The summed E-state index contributed by atoms with van der Waals surface area (Å²) >= 11 is 12.1. The van der Waals surface area contributed by atoms with Crippen LogP contribution in [0.15, 0.2) is 40.0 Å². The quantitative estimate of drug-likeness (QED) is 0.554. The number of aromatic nitrogens is 3. The molecule has 1 saturated heterocycles. The molecule has 34 heavy (non-hydrogen) atoms. The van der Waals surface area contributed by atoms with Crippen LogP contribution >= 0.6 is 23.2 Å². The Bertz CT molecular complexity index is 1310. The smallest absolute Gasteiger partial charge is 0.296 e. The van der Waals surface area contributed by atoms with Gasteiger partial charge in [-0.05, 0) is 38.0 Å². The van der Waals surface area contributed by atoms with E-state index >= 15 is 0 Å². The summed E-state index contributed by atoms with van der Waals surface area (Å²) in [7, 11) is 1.47. The number of likely N-dealkylation sites (tertiary alicyclic amines) is 1. The zero-order chi connectivity index (χ0) is 24.6. The third-order valence-corrected chi connectivity index (χ3v) is 6.62. The van der Waals surface area contributed by atoms with Crippen LogP contribution in [0.1, 0.15) is 52.4 Å². The Morgan fingerprint density at radius 2 is 2.00 bits per heavy atom. The monoisotopic (exact) mass is 505 g/mol. The molecule has 2 amide bonds. The van der Waals surface area contributed by atoms with Crippen LogP contribution in [0.4, 0.5) is 5.69 Å². The second-order valence-corrected chi connectivity index (χ2v) is 8.92. The SMILES string of the molecule is CC1CC[C@H](c2nc(C(=O)Nc3cnoc3)c(O)c(=O)n2C)CN1C(=O)c1ccc(Cl)c(Cl)c1. The van der Waals surface area contributed by atoms with E-state index < -0.39 is 22.9 Å². The van der Waals surface area contributed by atoms with Crippen molar-refractivity contribution in [2.45, 2.75) is 31.7 Å². The van der Waals surface area contributed by atoms with Crippen LogP contribution in [-0.2, 0) is 7.05 Å². The molecule has 10 nitrogen and oxygen atoms in total. The van der Waals surface area contributed by atoms with E-state index in [0.717, 1.165) is 0 Å². The van der Waals surface area contributed by atoms with Gasteiger partial charge in [0, 0.05) is 31.1 Å². The van der Waals surface area contributed by atoms with Gasteiger partial charge in [-0.2, -0.15) is 0 Å². The molecule has 12 heteroatoms. The number of carbonyl (C=O) groups is 2. The van der Waals surface area contributed by atoms with Gasteiger partial charge in [0.25, 0.3) is 17.4 Å². The number of nitrogens with zero attached hydrogens (tertiary/aromatic N) is 4. The van der Waals surface area contributed by atoms with Crippen molar-refractivity contribution in [3.8, 4) is 5.75 Å². The molecular formula is C22H21Cl2N5O5. The molecule has 2 N–H and O–H groups in total. The van der Waals surface area contributed by atoms with Crippen LogP contribution in [0.3, 0.4) is 0 Å². The Kier molecular flexibility index (Phi) is 6.63. The fourth-order valence-electron chi connectivity index (χ4n) is 3.98. The number of benzene rings is 1. The lowest BCUT2D eigenvalue weighted by atomic mass is 9.91. The Morgan fingerprint density at radius 3 is 2.68 bits per heavy atom. The summed E-state index contributed by atoms with van der Waals surface area (Å²) in [4.78, 5) is 44.6. The largest absolute Gasteiger partial charge is 0.501 e.